The Morgan fingerprint density at radius 3 is 2.37 bits per heavy atom. The number of aromatic nitrogens is 1. The lowest BCUT2D eigenvalue weighted by atomic mass is 10.1. The lowest BCUT2D eigenvalue weighted by molar-refractivity contribution is -0.698. The van der Waals surface area contributed by atoms with E-state index >= 15 is 0 Å². The Bertz CT molecular complexity index is 1300. The van der Waals surface area contributed by atoms with Crippen molar-refractivity contribution >= 4 is 39.9 Å². The first-order chi connectivity index (χ1) is 18.7. The van der Waals surface area contributed by atoms with Gasteiger partial charge in [0, 0.05) is 48.3 Å². The highest BCUT2D eigenvalue weighted by Crippen LogP contribution is 2.32. The fourth-order valence-corrected chi connectivity index (χ4v) is 4.95. The van der Waals surface area contributed by atoms with Gasteiger partial charge in [-0.05, 0) is 58.3 Å². The number of ether oxygens (including phenoxy) is 3. The van der Waals surface area contributed by atoms with E-state index in [9.17, 15) is 5.11 Å². The Hall–Kier alpha value is -3.07. The van der Waals surface area contributed by atoms with E-state index in [1.165, 1.54) is 26.1 Å². The molecule has 0 fully saturated rings. The van der Waals surface area contributed by atoms with Gasteiger partial charge in [0.05, 0.1) is 33.0 Å². The molecule has 0 aliphatic carbocycles. The zero-order valence-electron chi connectivity index (χ0n) is 22.2. The maximum Gasteiger partial charge on any atom is 0.171 e. The molecule has 0 radical (unpaired) electrons. The van der Waals surface area contributed by atoms with Crippen LogP contribution in [0.5, 0.6) is 0 Å². The first-order valence-electron chi connectivity index (χ1n) is 12.9. The molecule has 2 heterocycles. The zero-order chi connectivity index (χ0) is 26.6. The largest absolute Gasteiger partial charge is 0.395 e. The van der Waals surface area contributed by atoms with Gasteiger partial charge in [0.2, 0.25) is 0 Å². The first kappa shape index (κ1) is 28.0. The molecule has 7 heteroatoms. The number of methoxy groups -OCH3 is 1. The number of aliphatic hydroxyl groups excluding tert-OH is 1. The Morgan fingerprint density at radius 2 is 1.58 bits per heavy atom. The SMILES string of the molecule is COCCOCCOCC[n+]1ccc(/C=C/c2ccc(-c3ccc4cc(N(C)CCO)ccc4c3)s2)cc1. The van der Waals surface area contributed by atoms with Crippen molar-refractivity contribution in [3.63, 3.8) is 0 Å². The molecule has 0 unspecified atom stereocenters. The van der Waals surface area contributed by atoms with Crippen molar-refractivity contribution in [3.05, 3.63) is 83.5 Å². The van der Waals surface area contributed by atoms with Gasteiger partial charge in [-0.1, -0.05) is 24.3 Å². The molecule has 38 heavy (non-hydrogen) atoms. The van der Waals surface area contributed by atoms with Crippen LogP contribution < -0.4 is 9.47 Å². The fourth-order valence-electron chi connectivity index (χ4n) is 4.04. The topological polar surface area (TPSA) is 55.0 Å². The number of pyridine rings is 1. The number of fused-ring (bicyclic) bond motifs is 1. The van der Waals surface area contributed by atoms with E-state index in [1.54, 1.807) is 18.4 Å². The number of likely N-dealkylation sites (N-methyl/N-ethyl adjacent to an activating group) is 1. The van der Waals surface area contributed by atoms with Gasteiger partial charge in [0.1, 0.15) is 6.61 Å². The van der Waals surface area contributed by atoms with E-state index in [1.807, 2.05) is 7.05 Å². The van der Waals surface area contributed by atoms with E-state index in [0.717, 1.165) is 17.8 Å². The molecule has 2 aromatic heterocycles. The van der Waals surface area contributed by atoms with Crippen LogP contribution in [-0.2, 0) is 20.8 Å². The normalized spacial score (nSPS) is 11.6. The summed E-state index contributed by atoms with van der Waals surface area (Å²) in [6.07, 6.45) is 8.49. The molecule has 0 spiro atoms. The highest BCUT2D eigenvalue weighted by Gasteiger charge is 2.06. The van der Waals surface area contributed by atoms with Crippen LogP contribution >= 0.6 is 11.3 Å². The molecule has 4 aromatic rings. The third-order valence-electron chi connectivity index (χ3n) is 6.27. The quantitative estimate of drug-likeness (QED) is 0.170. The number of aliphatic hydroxyl groups is 1. The van der Waals surface area contributed by atoms with E-state index in [0.29, 0.717) is 39.6 Å². The van der Waals surface area contributed by atoms with E-state index in [4.69, 9.17) is 14.2 Å². The summed E-state index contributed by atoms with van der Waals surface area (Å²) < 4.78 is 18.1. The molecule has 0 bridgehead atoms. The fraction of sp³-hybridized carbons (Fsp3) is 0.323. The van der Waals surface area contributed by atoms with E-state index in [2.05, 4.69) is 94.7 Å². The van der Waals surface area contributed by atoms with Crippen LogP contribution in [0.2, 0.25) is 0 Å². The van der Waals surface area contributed by atoms with Crippen molar-refractivity contribution in [2.45, 2.75) is 6.54 Å². The molecule has 0 saturated heterocycles. The molecular formula is C31H37N2O4S+. The molecular weight excluding hydrogens is 496 g/mol. The minimum Gasteiger partial charge on any atom is -0.395 e. The number of nitrogens with zero attached hydrogens (tertiary/aromatic N) is 2. The number of hydrogen-bond donors (Lipinski definition) is 1. The molecule has 1 N–H and O–H groups in total. The van der Waals surface area contributed by atoms with E-state index < -0.39 is 0 Å². The van der Waals surface area contributed by atoms with Crippen LogP contribution in [0.4, 0.5) is 5.69 Å². The second-order valence-corrected chi connectivity index (χ2v) is 10.1. The average molecular weight is 534 g/mol. The molecule has 0 saturated carbocycles. The Kier molecular flexibility index (Phi) is 10.9. The summed E-state index contributed by atoms with van der Waals surface area (Å²) in [4.78, 5) is 4.54. The molecule has 4 rings (SSSR count). The second-order valence-electron chi connectivity index (χ2n) is 9.01. The number of rotatable bonds is 15. The van der Waals surface area contributed by atoms with Gasteiger partial charge in [-0.3, -0.25) is 0 Å². The standard InChI is InChI=1S/C31H37N2O4S/c1-32(15-17-34)29-7-6-26-23-28(5-4-27(26)24-29)31-10-9-30(38-31)8-3-25-11-13-33(14-12-25)16-18-36-21-22-37-20-19-35-2/h3-14,23-24,34H,15-22H2,1-2H3/q+1. The van der Waals surface area contributed by atoms with Crippen molar-refractivity contribution < 1.29 is 23.9 Å². The number of hydrogen-bond acceptors (Lipinski definition) is 6. The average Bonchev–Trinajstić information content (AvgIpc) is 3.43. The molecule has 0 amide bonds. The minimum absolute atomic E-state index is 0.148. The number of thiophene rings is 1. The lowest BCUT2D eigenvalue weighted by Gasteiger charge is -2.18. The van der Waals surface area contributed by atoms with Crippen LogP contribution in [0.1, 0.15) is 10.4 Å². The van der Waals surface area contributed by atoms with Crippen LogP contribution in [0.15, 0.2) is 73.1 Å². The van der Waals surface area contributed by atoms with Gasteiger partial charge < -0.3 is 24.2 Å². The summed E-state index contributed by atoms with van der Waals surface area (Å²) >= 11 is 1.79. The Labute approximate surface area is 229 Å². The zero-order valence-corrected chi connectivity index (χ0v) is 23.0. The highest BCUT2D eigenvalue weighted by atomic mass is 32.1. The van der Waals surface area contributed by atoms with Crippen molar-refractivity contribution in [2.24, 2.45) is 0 Å². The molecule has 0 atom stereocenters. The number of benzene rings is 2. The molecule has 6 nitrogen and oxygen atoms in total. The summed E-state index contributed by atoms with van der Waals surface area (Å²) in [5.41, 5.74) is 3.50. The molecule has 200 valence electrons. The van der Waals surface area contributed by atoms with Gasteiger partial charge in [-0.2, -0.15) is 0 Å². The van der Waals surface area contributed by atoms with Gasteiger partial charge in [-0.25, -0.2) is 4.57 Å². The molecule has 2 aromatic carbocycles. The lowest BCUT2D eigenvalue weighted by Crippen LogP contribution is -2.35. The molecule has 0 aliphatic rings. The predicted molar refractivity (Wildman–Crippen MR) is 157 cm³/mol. The second kappa shape index (κ2) is 14.8. The smallest absolute Gasteiger partial charge is 0.171 e. The monoisotopic (exact) mass is 533 g/mol. The van der Waals surface area contributed by atoms with Crippen molar-refractivity contribution in [3.8, 4) is 10.4 Å². The third kappa shape index (κ3) is 8.21. The van der Waals surface area contributed by atoms with Crippen LogP contribution in [0, 0.1) is 0 Å². The Balaban J connectivity index is 1.29. The summed E-state index contributed by atoms with van der Waals surface area (Å²) in [7, 11) is 3.67. The van der Waals surface area contributed by atoms with Gasteiger partial charge in [0.25, 0.3) is 0 Å². The van der Waals surface area contributed by atoms with E-state index in [-0.39, 0.29) is 6.61 Å². The third-order valence-corrected chi connectivity index (χ3v) is 7.37. The number of anilines is 1. The molecule has 0 aliphatic heterocycles. The summed E-state index contributed by atoms with van der Waals surface area (Å²) in [5.74, 6) is 0. The van der Waals surface area contributed by atoms with Crippen molar-refractivity contribution in [1.82, 2.24) is 0 Å². The summed E-state index contributed by atoms with van der Waals surface area (Å²) in [6, 6.07) is 21.7. The minimum atomic E-state index is 0.148. The maximum atomic E-state index is 9.20. The predicted octanol–water partition coefficient (Wildman–Crippen LogP) is 5.13. The van der Waals surface area contributed by atoms with Crippen LogP contribution in [-0.4, -0.2) is 65.5 Å². The highest BCUT2D eigenvalue weighted by molar-refractivity contribution is 7.16. The van der Waals surface area contributed by atoms with Crippen molar-refractivity contribution in [1.29, 1.82) is 0 Å². The Morgan fingerprint density at radius 1 is 0.842 bits per heavy atom. The maximum absolute atomic E-state index is 9.20. The van der Waals surface area contributed by atoms with Crippen molar-refractivity contribution in [2.75, 3.05) is 65.2 Å². The first-order valence-corrected chi connectivity index (χ1v) is 13.8. The van der Waals surface area contributed by atoms with Gasteiger partial charge >= 0.3 is 0 Å². The van der Waals surface area contributed by atoms with Crippen LogP contribution in [0.3, 0.4) is 0 Å². The van der Waals surface area contributed by atoms with Crippen LogP contribution in [0.25, 0.3) is 33.4 Å². The van der Waals surface area contributed by atoms with Gasteiger partial charge in [0.15, 0.2) is 18.9 Å². The summed E-state index contributed by atoms with van der Waals surface area (Å²) in [5, 5.41) is 11.6. The van der Waals surface area contributed by atoms with Gasteiger partial charge in [-0.15, -0.1) is 11.3 Å². The summed E-state index contributed by atoms with van der Waals surface area (Å²) in [6.45, 7) is 4.64.